The fourth-order valence-corrected chi connectivity index (χ4v) is 2.20. The molecule has 60 valence electrons. The highest BCUT2D eigenvalue weighted by molar-refractivity contribution is 8.00. The van der Waals surface area contributed by atoms with Gasteiger partial charge in [0, 0.05) is 10.5 Å². The third kappa shape index (κ3) is 0.956. The van der Waals surface area contributed by atoms with Crippen LogP contribution in [0.5, 0.6) is 0 Å². The van der Waals surface area contributed by atoms with E-state index in [4.69, 9.17) is 0 Å². The van der Waals surface area contributed by atoms with E-state index in [2.05, 4.69) is 5.18 Å². The summed E-state index contributed by atoms with van der Waals surface area (Å²) in [7, 11) is 0. The van der Waals surface area contributed by atoms with Gasteiger partial charge in [-0.2, -0.15) is 0 Å². The van der Waals surface area contributed by atoms with Crippen LogP contribution in [-0.4, -0.2) is 11.5 Å². The molecule has 1 heterocycles. The minimum Gasteiger partial charge on any atom is -0.293 e. The van der Waals surface area contributed by atoms with Gasteiger partial charge in [0.25, 0.3) is 0 Å². The fraction of sp³-hybridized carbons (Fsp3) is 0.125. The van der Waals surface area contributed by atoms with Crippen molar-refractivity contribution >= 4 is 23.2 Å². The minimum absolute atomic E-state index is 0.0838. The van der Waals surface area contributed by atoms with Crippen LogP contribution in [0, 0.1) is 4.91 Å². The van der Waals surface area contributed by atoms with Crippen molar-refractivity contribution in [3.63, 3.8) is 0 Å². The number of hydrogen-bond donors (Lipinski definition) is 0. The van der Waals surface area contributed by atoms with Gasteiger partial charge in [-0.1, -0.05) is 12.1 Å². The Morgan fingerprint density at radius 2 is 2.25 bits per heavy atom. The van der Waals surface area contributed by atoms with E-state index in [1.165, 1.54) is 11.8 Å². The molecule has 2 rings (SSSR count). The number of carbonyl (C=O) groups is 1. The molecule has 0 unspecified atom stereocenters. The average molecular weight is 179 g/mol. The molecule has 0 saturated carbocycles. The average Bonchev–Trinajstić information content (AvgIpc) is 2.48. The molecular weight excluding hydrogens is 174 g/mol. The van der Waals surface area contributed by atoms with Gasteiger partial charge in [0.05, 0.1) is 5.75 Å². The van der Waals surface area contributed by atoms with Gasteiger partial charge in [0.2, 0.25) is 0 Å². The van der Waals surface area contributed by atoms with Crippen molar-refractivity contribution in [1.82, 2.24) is 0 Å². The smallest absolute Gasteiger partial charge is 0.174 e. The predicted molar refractivity (Wildman–Crippen MR) is 47.0 cm³/mol. The first kappa shape index (κ1) is 7.49. The molecule has 0 bridgehead atoms. The van der Waals surface area contributed by atoms with Gasteiger partial charge in [0.1, 0.15) is 5.69 Å². The second kappa shape index (κ2) is 2.71. The van der Waals surface area contributed by atoms with Crippen LogP contribution < -0.4 is 0 Å². The normalized spacial score (nSPS) is 14.5. The number of nitrogens with zero attached hydrogens (tertiary/aromatic N) is 1. The van der Waals surface area contributed by atoms with E-state index in [-0.39, 0.29) is 5.78 Å². The first-order valence-electron chi connectivity index (χ1n) is 3.45. The topological polar surface area (TPSA) is 46.5 Å². The lowest BCUT2D eigenvalue weighted by atomic mass is 10.1. The Balaban J connectivity index is 2.65. The molecule has 0 atom stereocenters. The summed E-state index contributed by atoms with van der Waals surface area (Å²) in [4.78, 5) is 22.2. The summed E-state index contributed by atoms with van der Waals surface area (Å²) in [5.41, 5.74) is 1.01. The number of thioether (sulfide) groups is 1. The Bertz CT molecular complexity index is 362. The van der Waals surface area contributed by atoms with Crippen LogP contribution in [0.25, 0.3) is 0 Å². The van der Waals surface area contributed by atoms with Gasteiger partial charge in [-0.15, -0.1) is 16.7 Å². The molecule has 1 aliphatic heterocycles. The van der Waals surface area contributed by atoms with E-state index in [1.54, 1.807) is 18.2 Å². The zero-order valence-corrected chi connectivity index (χ0v) is 6.93. The number of hydrogen-bond acceptors (Lipinski definition) is 4. The molecule has 0 aliphatic carbocycles. The number of carbonyl (C=O) groups excluding carboxylic acids is 1. The van der Waals surface area contributed by atoms with E-state index in [1.807, 2.05) is 0 Å². The number of nitroso groups, excluding NO2 is 1. The maximum atomic E-state index is 11.2. The highest BCUT2D eigenvalue weighted by atomic mass is 32.2. The molecule has 0 spiro atoms. The minimum atomic E-state index is 0.0838. The van der Waals surface area contributed by atoms with Crippen LogP contribution in [0.4, 0.5) is 5.69 Å². The molecular formula is C8H5NO2S. The number of benzene rings is 1. The Labute approximate surface area is 73.1 Å². The molecule has 0 fully saturated rings. The van der Waals surface area contributed by atoms with Crippen LogP contribution in [0.3, 0.4) is 0 Å². The predicted octanol–water partition coefficient (Wildman–Crippen LogP) is 2.37. The summed E-state index contributed by atoms with van der Waals surface area (Å²) in [6.45, 7) is 0. The Kier molecular flexibility index (Phi) is 1.69. The second-order valence-corrected chi connectivity index (χ2v) is 3.44. The van der Waals surface area contributed by atoms with Crippen molar-refractivity contribution in [2.75, 3.05) is 5.75 Å². The lowest BCUT2D eigenvalue weighted by Gasteiger charge is -1.96. The summed E-state index contributed by atoms with van der Waals surface area (Å²) in [6.07, 6.45) is 0. The molecule has 4 heteroatoms. The number of fused-ring (bicyclic) bond motifs is 1. The molecule has 0 N–H and O–H groups in total. The monoisotopic (exact) mass is 179 g/mol. The van der Waals surface area contributed by atoms with Gasteiger partial charge in [-0.05, 0) is 11.2 Å². The van der Waals surface area contributed by atoms with E-state index < -0.39 is 0 Å². The van der Waals surface area contributed by atoms with Gasteiger partial charge in [-0.3, -0.25) is 4.79 Å². The van der Waals surface area contributed by atoms with Crippen LogP contribution in [-0.2, 0) is 0 Å². The van der Waals surface area contributed by atoms with E-state index in [0.717, 1.165) is 4.90 Å². The molecule has 0 saturated heterocycles. The third-order valence-corrected chi connectivity index (χ3v) is 2.86. The number of Topliss-reactive ketones (excluding diaryl/α,β-unsaturated/α-hetero) is 1. The first-order chi connectivity index (χ1) is 5.83. The summed E-state index contributed by atoms with van der Waals surface area (Å²) < 4.78 is 0. The molecule has 0 amide bonds. The van der Waals surface area contributed by atoms with Crippen molar-refractivity contribution < 1.29 is 4.79 Å². The van der Waals surface area contributed by atoms with Gasteiger partial charge in [0.15, 0.2) is 5.78 Å². The van der Waals surface area contributed by atoms with E-state index in [0.29, 0.717) is 17.0 Å². The van der Waals surface area contributed by atoms with Crippen LogP contribution >= 0.6 is 11.8 Å². The Hall–Kier alpha value is -1.16. The first-order valence-corrected chi connectivity index (χ1v) is 4.44. The zero-order valence-electron chi connectivity index (χ0n) is 6.11. The van der Waals surface area contributed by atoms with Crippen molar-refractivity contribution in [3.05, 3.63) is 28.7 Å². The van der Waals surface area contributed by atoms with Gasteiger partial charge in [-0.25, -0.2) is 0 Å². The van der Waals surface area contributed by atoms with Crippen molar-refractivity contribution in [2.45, 2.75) is 4.90 Å². The molecule has 0 radical (unpaired) electrons. The quantitative estimate of drug-likeness (QED) is 0.622. The summed E-state index contributed by atoms with van der Waals surface area (Å²) in [5.74, 6) is 0.516. The lowest BCUT2D eigenvalue weighted by molar-refractivity contribution is 0.102. The SMILES string of the molecule is O=Nc1cccc2c1SCC2=O. The molecule has 1 aromatic carbocycles. The van der Waals surface area contributed by atoms with Crippen LogP contribution in [0.1, 0.15) is 10.4 Å². The van der Waals surface area contributed by atoms with Crippen LogP contribution in [0.15, 0.2) is 28.3 Å². The second-order valence-electron chi connectivity index (χ2n) is 2.46. The Morgan fingerprint density at radius 1 is 1.42 bits per heavy atom. The summed E-state index contributed by atoms with van der Waals surface area (Å²) in [5, 5.41) is 2.85. The third-order valence-electron chi connectivity index (χ3n) is 1.74. The van der Waals surface area contributed by atoms with Crippen LogP contribution in [0.2, 0.25) is 0 Å². The van der Waals surface area contributed by atoms with E-state index >= 15 is 0 Å². The number of ketones is 1. The van der Waals surface area contributed by atoms with Gasteiger partial charge >= 0.3 is 0 Å². The lowest BCUT2D eigenvalue weighted by Crippen LogP contribution is -1.93. The van der Waals surface area contributed by atoms with Crippen molar-refractivity contribution in [1.29, 1.82) is 0 Å². The maximum Gasteiger partial charge on any atom is 0.174 e. The highest BCUT2D eigenvalue weighted by Crippen LogP contribution is 2.38. The standard InChI is InChI=1S/C8H5NO2S/c10-7-4-12-8-5(7)2-1-3-6(8)9-11/h1-3H,4H2. The van der Waals surface area contributed by atoms with Gasteiger partial charge < -0.3 is 0 Å². The molecule has 1 aliphatic rings. The zero-order chi connectivity index (χ0) is 8.55. The Morgan fingerprint density at radius 3 is 3.00 bits per heavy atom. The summed E-state index contributed by atoms with van der Waals surface area (Å²) >= 11 is 1.38. The number of rotatable bonds is 1. The largest absolute Gasteiger partial charge is 0.293 e. The molecule has 1 aromatic rings. The van der Waals surface area contributed by atoms with E-state index in [9.17, 15) is 9.70 Å². The molecule has 0 aromatic heterocycles. The summed E-state index contributed by atoms with van der Waals surface area (Å²) in [6, 6.07) is 5.03. The maximum absolute atomic E-state index is 11.2. The molecule has 12 heavy (non-hydrogen) atoms. The highest BCUT2D eigenvalue weighted by Gasteiger charge is 2.22. The van der Waals surface area contributed by atoms with Crippen molar-refractivity contribution in [2.24, 2.45) is 5.18 Å². The fourth-order valence-electron chi connectivity index (χ4n) is 1.18. The van der Waals surface area contributed by atoms with Crippen molar-refractivity contribution in [3.8, 4) is 0 Å². The molecule has 3 nitrogen and oxygen atoms in total.